The lowest BCUT2D eigenvalue weighted by molar-refractivity contribution is -0.139. The molecule has 0 aromatic rings. The first-order valence-electron chi connectivity index (χ1n) is 5.74. The Bertz CT molecular complexity index is 277. The summed E-state index contributed by atoms with van der Waals surface area (Å²) < 4.78 is 0. The van der Waals surface area contributed by atoms with Gasteiger partial charge in [-0.2, -0.15) is 0 Å². The van der Waals surface area contributed by atoms with Crippen molar-refractivity contribution in [3.8, 4) is 0 Å². The van der Waals surface area contributed by atoms with Gasteiger partial charge in [0.25, 0.3) is 0 Å². The molecule has 0 rings (SSSR count). The Morgan fingerprint density at radius 2 is 1.35 bits per heavy atom. The summed E-state index contributed by atoms with van der Waals surface area (Å²) in [5.41, 5.74) is 0. The summed E-state index contributed by atoms with van der Waals surface area (Å²) >= 11 is 0. The first kappa shape index (κ1) is 15.4. The van der Waals surface area contributed by atoms with Crippen molar-refractivity contribution in [3.63, 3.8) is 0 Å². The van der Waals surface area contributed by atoms with Gasteiger partial charge in [0.15, 0.2) is 0 Å². The fourth-order valence-electron chi connectivity index (χ4n) is 1.05. The van der Waals surface area contributed by atoms with E-state index in [4.69, 9.17) is 0 Å². The van der Waals surface area contributed by atoms with Gasteiger partial charge in [-0.1, -0.05) is 13.8 Å². The van der Waals surface area contributed by atoms with Crippen LogP contribution in [0.5, 0.6) is 0 Å². The lowest BCUT2D eigenvalue weighted by Gasteiger charge is -2.07. The van der Waals surface area contributed by atoms with Crippen molar-refractivity contribution >= 4 is 17.7 Å². The number of carbonyl (C=O) groups excluding carboxylic acids is 3. The highest BCUT2D eigenvalue weighted by Gasteiger charge is 2.11. The number of amides is 3. The van der Waals surface area contributed by atoms with E-state index >= 15 is 0 Å². The van der Waals surface area contributed by atoms with Crippen LogP contribution in [0, 0.1) is 5.92 Å². The van der Waals surface area contributed by atoms with Gasteiger partial charge in [0.05, 0.1) is 0 Å². The zero-order valence-electron chi connectivity index (χ0n) is 10.6. The lowest BCUT2D eigenvalue weighted by atomic mass is 10.1. The second kappa shape index (κ2) is 8.55. The number of rotatable bonds is 6. The molecule has 0 aliphatic heterocycles. The van der Waals surface area contributed by atoms with Gasteiger partial charge in [-0.3, -0.25) is 14.4 Å². The predicted molar refractivity (Wildman–Crippen MR) is 64.2 cm³/mol. The van der Waals surface area contributed by atoms with Gasteiger partial charge in [-0.25, -0.2) is 0 Å². The SMILES string of the molecule is CC(=O)NCCNC(=O)C(=O)NCCC(C)C. The van der Waals surface area contributed by atoms with E-state index < -0.39 is 11.8 Å². The zero-order valence-corrected chi connectivity index (χ0v) is 10.6. The molecular formula is C11H21N3O3. The molecule has 0 fully saturated rings. The zero-order chi connectivity index (χ0) is 13.3. The molecule has 6 nitrogen and oxygen atoms in total. The molecule has 0 heterocycles. The number of nitrogens with one attached hydrogen (secondary N) is 3. The van der Waals surface area contributed by atoms with E-state index in [0.717, 1.165) is 6.42 Å². The number of hydrogen-bond donors (Lipinski definition) is 3. The van der Waals surface area contributed by atoms with Crippen LogP contribution in [0.25, 0.3) is 0 Å². The Kier molecular flexibility index (Phi) is 7.75. The maximum absolute atomic E-state index is 11.2. The van der Waals surface area contributed by atoms with E-state index in [0.29, 0.717) is 19.0 Å². The summed E-state index contributed by atoms with van der Waals surface area (Å²) in [6.07, 6.45) is 0.838. The second-order valence-corrected chi connectivity index (χ2v) is 4.18. The minimum Gasteiger partial charge on any atom is -0.355 e. The van der Waals surface area contributed by atoms with Gasteiger partial charge >= 0.3 is 11.8 Å². The van der Waals surface area contributed by atoms with Crippen molar-refractivity contribution in [2.45, 2.75) is 27.2 Å². The van der Waals surface area contributed by atoms with Gasteiger partial charge in [0, 0.05) is 26.6 Å². The van der Waals surface area contributed by atoms with Crippen LogP contribution >= 0.6 is 0 Å². The molecule has 0 aliphatic rings. The Hall–Kier alpha value is -1.59. The molecule has 17 heavy (non-hydrogen) atoms. The first-order valence-corrected chi connectivity index (χ1v) is 5.74. The minimum absolute atomic E-state index is 0.166. The molecule has 3 N–H and O–H groups in total. The van der Waals surface area contributed by atoms with E-state index in [-0.39, 0.29) is 12.5 Å². The first-order chi connectivity index (χ1) is 7.93. The van der Waals surface area contributed by atoms with Crippen LogP contribution < -0.4 is 16.0 Å². The van der Waals surface area contributed by atoms with Gasteiger partial charge < -0.3 is 16.0 Å². The van der Waals surface area contributed by atoms with Crippen molar-refractivity contribution in [1.82, 2.24) is 16.0 Å². The Balaban J connectivity index is 3.61. The molecule has 0 saturated carbocycles. The molecule has 6 heteroatoms. The highest BCUT2D eigenvalue weighted by atomic mass is 16.2. The molecule has 0 radical (unpaired) electrons. The normalized spacial score (nSPS) is 9.88. The lowest BCUT2D eigenvalue weighted by Crippen LogP contribution is -2.43. The van der Waals surface area contributed by atoms with Crippen molar-refractivity contribution < 1.29 is 14.4 Å². The van der Waals surface area contributed by atoms with Gasteiger partial charge in [0.1, 0.15) is 0 Å². The molecule has 0 aromatic heterocycles. The summed E-state index contributed by atoms with van der Waals surface area (Å²) in [5.74, 6) is -0.980. The number of hydrogen-bond acceptors (Lipinski definition) is 3. The van der Waals surface area contributed by atoms with Crippen LogP contribution in [0.4, 0.5) is 0 Å². The fraction of sp³-hybridized carbons (Fsp3) is 0.727. The van der Waals surface area contributed by atoms with Crippen LogP contribution in [-0.4, -0.2) is 37.4 Å². The third-order valence-electron chi connectivity index (χ3n) is 2.00. The summed E-state index contributed by atoms with van der Waals surface area (Å²) in [5, 5.41) is 7.45. The Labute approximate surface area is 102 Å². The molecule has 0 aromatic carbocycles. The minimum atomic E-state index is -0.667. The molecule has 0 aliphatic carbocycles. The average Bonchev–Trinajstić information content (AvgIpc) is 2.23. The van der Waals surface area contributed by atoms with Gasteiger partial charge in [-0.05, 0) is 12.3 Å². The van der Waals surface area contributed by atoms with Crippen molar-refractivity contribution in [3.05, 3.63) is 0 Å². The highest BCUT2D eigenvalue weighted by Crippen LogP contribution is 1.95. The van der Waals surface area contributed by atoms with Gasteiger partial charge in [-0.15, -0.1) is 0 Å². The second-order valence-electron chi connectivity index (χ2n) is 4.18. The van der Waals surface area contributed by atoms with Crippen molar-refractivity contribution in [1.29, 1.82) is 0 Å². The largest absolute Gasteiger partial charge is 0.355 e. The highest BCUT2D eigenvalue weighted by molar-refractivity contribution is 6.35. The summed E-state index contributed by atoms with van der Waals surface area (Å²) in [4.78, 5) is 33.0. The molecule has 0 atom stereocenters. The standard InChI is InChI=1S/C11H21N3O3/c1-8(2)4-5-13-10(16)11(17)14-7-6-12-9(3)15/h8H,4-7H2,1-3H3,(H,12,15)(H,13,16)(H,14,17). The molecule has 0 spiro atoms. The monoisotopic (exact) mass is 243 g/mol. The maximum Gasteiger partial charge on any atom is 0.309 e. The van der Waals surface area contributed by atoms with Crippen LogP contribution in [0.15, 0.2) is 0 Å². The van der Waals surface area contributed by atoms with Crippen molar-refractivity contribution in [2.75, 3.05) is 19.6 Å². The third-order valence-corrected chi connectivity index (χ3v) is 2.00. The van der Waals surface area contributed by atoms with Crippen LogP contribution in [-0.2, 0) is 14.4 Å². The Morgan fingerprint density at radius 1 is 0.882 bits per heavy atom. The molecule has 98 valence electrons. The van der Waals surface area contributed by atoms with Crippen molar-refractivity contribution in [2.24, 2.45) is 5.92 Å². The fourth-order valence-corrected chi connectivity index (χ4v) is 1.05. The van der Waals surface area contributed by atoms with E-state index in [2.05, 4.69) is 16.0 Å². The number of carbonyl (C=O) groups is 3. The summed E-state index contributed by atoms with van der Waals surface area (Å²) in [6, 6.07) is 0. The van der Waals surface area contributed by atoms with E-state index in [1.807, 2.05) is 13.8 Å². The third kappa shape index (κ3) is 9.35. The van der Waals surface area contributed by atoms with Crippen LogP contribution in [0.3, 0.4) is 0 Å². The predicted octanol–water partition coefficient (Wildman–Crippen LogP) is -0.599. The quantitative estimate of drug-likeness (QED) is 0.430. The Morgan fingerprint density at radius 3 is 1.82 bits per heavy atom. The van der Waals surface area contributed by atoms with Crippen LogP contribution in [0.2, 0.25) is 0 Å². The smallest absolute Gasteiger partial charge is 0.309 e. The molecule has 0 saturated heterocycles. The van der Waals surface area contributed by atoms with Gasteiger partial charge in [0.2, 0.25) is 5.91 Å². The molecule has 0 bridgehead atoms. The molecule has 0 unspecified atom stereocenters. The topological polar surface area (TPSA) is 87.3 Å². The molecule has 3 amide bonds. The van der Waals surface area contributed by atoms with E-state index in [9.17, 15) is 14.4 Å². The van der Waals surface area contributed by atoms with E-state index in [1.165, 1.54) is 6.92 Å². The average molecular weight is 243 g/mol. The molecular weight excluding hydrogens is 222 g/mol. The van der Waals surface area contributed by atoms with E-state index in [1.54, 1.807) is 0 Å². The maximum atomic E-state index is 11.2. The summed E-state index contributed by atoms with van der Waals surface area (Å²) in [6.45, 7) is 6.53. The summed E-state index contributed by atoms with van der Waals surface area (Å²) in [7, 11) is 0. The van der Waals surface area contributed by atoms with Crippen LogP contribution in [0.1, 0.15) is 27.2 Å².